The Morgan fingerprint density at radius 2 is 2.24 bits per heavy atom. The molecule has 0 fully saturated rings. The molecule has 0 aliphatic heterocycles. The summed E-state index contributed by atoms with van der Waals surface area (Å²) in [7, 11) is 2.02. The number of hydrogen-bond acceptors (Lipinski definition) is 3. The minimum atomic E-state index is 0.309. The Morgan fingerprint density at radius 1 is 1.47 bits per heavy atom. The second kappa shape index (κ2) is 8.25. The van der Waals surface area contributed by atoms with Gasteiger partial charge in [-0.2, -0.15) is 0 Å². The van der Waals surface area contributed by atoms with E-state index in [4.69, 9.17) is 4.74 Å². The molecule has 2 unspecified atom stereocenters. The minimum Gasteiger partial charge on any atom is -0.377 e. The average molecular weight is 320 g/mol. The Bertz CT molecular complexity index is 310. The minimum absolute atomic E-state index is 0.309. The number of nitrogens with one attached hydrogen (secondary N) is 1. The van der Waals surface area contributed by atoms with Gasteiger partial charge in [0.25, 0.3) is 0 Å². The summed E-state index contributed by atoms with van der Waals surface area (Å²) in [4.78, 5) is 1.39. The summed E-state index contributed by atoms with van der Waals surface area (Å²) in [5, 5.41) is 5.52. The Balaban J connectivity index is 2.64. The zero-order chi connectivity index (χ0) is 12.7. The van der Waals surface area contributed by atoms with Crippen LogP contribution in [0.3, 0.4) is 0 Å². The van der Waals surface area contributed by atoms with Crippen LogP contribution in [0.15, 0.2) is 15.9 Å². The first-order valence-electron chi connectivity index (χ1n) is 6.23. The molecule has 0 saturated carbocycles. The largest absolute Gasteiger partial charge is 0.377 e. The maximum Gasteiger partial charge on any atom is 0.0731 e. The number of likely N-dealkylation sites (N-methyl/N-ethyl adjacent to an activating group) is 1. The molecule has 0 amide bonds. The quantitative estimate of drug-likeness (QED) is 0.786. The van der Waals surface area contributed by atoms with Gasteiger partial charge in [-0.1, -0.05) is 13.3 Å². The second-order valence-electron chi connectivity index (χ2n) is 4.07. The van der Waals surface area contributed by atoms with Crippen molar-refractivity contribution < 1.29 is 4.74 Å². The zero-order valence-electron chi connectivity index (χ0n) is 10.8. The summed E-state index contributed by atoms with van der Waals surface area (Å²) in [6.07, 6.45) is 3.61. The highest BCUT2D eigenvalue weighted by Crippen LogP contribution is 2.25. The summed E-state index contributed by atoms with van der Waals surface area (Å²) >= 11 is 5.40. The van der Waals surface area contributed by atoms with Crippen molar-refractivity contribution in [3.63, 3.8) is 0 Å². The van der Waals surface area contributed by atoms with Crippen LogP contribution in [0.25, 0.3) is 0 Å². The Morgan fingerprint density at radius 3 is 2.71 bits per heavy atom. The smallest absolute Gasteiger partial charge is 0.0731 e. The normalized spacial score (nSPS) is 14.8. The molecule has 2 nitrogen and oxygen atoms in total. The van der Waals surface area contributed by atoms with Crippen LogP contribution >= 0.6 is 27.3 Å². The molecule has 0 bridgehead atoms. The summed E-state index contributed by atoms with van der Waals surface area (Å²) in [5.74, 6) is 0. The van der Waals surface area contributed by atoms with E-state index in [1.807, 2.05) is 7.05 Å². The van der Waals surface area contributed by atoms with Gasteiger partial charge in [0, 0.05) is 28.4 Å². The van der Waals surface area contributed by atoms with Crippen LogP contribution < -0.4 is 5.32 Å². The molecule has 1 aromatic heterocycles. The van der Waals surface area contributed by atoms with Gasteiger partial charge in [-0.15, -0.1) is 11.3 Å². The maximum atomic E-state index is 5.85. The van der Waals surface area contributed by atoms with Crippen molar-refractivity contribution in [1.29, 1.82) is 0 Å². The van der Waals surface area contributed by atoms with E-state index in [-0.39, 0.29) is 0 Å². The Hall–Kier alpha value is 0.1000. The van der Waals surface area contributed by atoms with Gasteiger partial charge in [-0.25, -0.2) is 0 Å². The lowest BCUT2D eigenvalue weighted by Crippen LogP contribution is -2.41. The van der Waals surface area contributed by atoms with Crippen molar-refractivity contribution in [3.8, 4) is 0 Å². The van der Waals surface area contributed by atoms with E-state index in [0.717, 1.165) is 25.9 Å². The Kier molecular flexibility index (Phi) is 7.35. The van der Waals surface area contributed by atoms with Crippen LogP contribution in [0.4, 0.5) is 0 Å². The molecule has 1 aromatic rings. The maximum absolute atomic E-state index is 5.85. The van der Waals surface area contributed by atoms with Crippen molar-refractivity contribution in [3.05, 3.63) is 20.8 Å². The van der Waals surface area contributed by atoms with E-state index in [1.54, 1.807) is 11.3 Å². The van der Waals surface area contributed by atoms with Crippen molar-refractivity contribution in [2.75, 3.05) is 13.7 Å². The van der Waals surface area contributed by atoms with Gasteiger partial charge >= 0.3 is 0 Å². The first-order chi connectivity index (χ1) is 8.22. The first-order valence-corrected chi connectivity index (χ1v) is 7.90. The first kappa shape index (κ1) is 15.2. The van der Waals surface area contributed by atoms with E-state index in [2.05, 4.69) is 46.5 Å². The fourth-order valence-electron chi connectivity index (χ4n) is 1.99. The standard InChI is InChI=1S/C13H22BrNOS/c1-4-6-12(16-5-2)11(15-3)9-13-10(14)7-8-17-13/h7-8,11-12,15H,4-6,9H2,1-3H3. The molecule has 1 heterocycles. The third kappa shape index (κ3) is 4.70. The Labute approximate surface area is 117 Å². The molecule has 0 aliphatic carbocycles. The van der Waals surface area contributed by atoms with Gasteiger partial charge in [0.05, 0.1) is 6.10 Å². The molecule has 1 rings (SSSR count). The van der Waals surface area contributed by atoms with E-state index in [1.165, 1.54) is 9.35 Å². The second-order valence-corrected chi connectivity index (χ2v) is 5.93. The third-order valence-corrected chi connectivity index (χ3v) is 4.82. The highest BCUT2D eigenvalue weighted by molar-refractivity contribution is 9.10. The molecule has 2 atom stereocenters. The van der Waals surface area contributed by atoms with Gasteiger partial charge in [0.1, 0.15) is 0 Å². The van der Waals surface area contributed by atoms with Gasteiger partial charge < -0.3 is 10.1 Å². The molecule has 98 valence electrons. The van der Waals surface area contributed by atoms with Gasteiger partial charge in [-0.05, 0) is 47.8 Å². The van der Waals surface area contributed by atoms with E-state index in [9.17, 15) is 0 Å². The monoisotopic (exact) mass is 319 g/mol. The van der Waals surface area contributed by atoms with Gasteiger partial charge in [-0.3, -0.25) is 0 Å². The van der Waals surface area contributed by atoms with Crippen LogP contribution in [-0.2, 0) is 11.2 Å². The number of rotatable bonds is 8. The number of halogens is 1. The lowest BCUT2D eigenvalue weighted by molar-refractivity contribution is 0.0302. The lowest BCUT2D eigenvalue weighted by Gasteiger charge is -2.26. The van der Waals surface area contributed by atoms with Gasteiger partial charge in [0.15, 0.2) is 0 Å². The van der Waals surface area contributed by atoms with Crippen molar-refractivity contribution >= 4 is 27.3 Å². The predicted molar refractivity (Wildman–Crippen MR) is 78.9 cm³/mol. The molecular weight excluding hydrogens is 298 g/mol. The number of thiophene rings is 1. The summed E-state index contributed by atoms with van der Waals surface area (Å²) in [5.41, 5.74) is 0. The fourth-order valence-corrected chi connectivity index (χ4v) is 3.56. The summed E-state index contributed by atoms with van der Waals surface area (Å²) in [6.45, 7) is 5.06. The summed E-state index contributed by atoms with van der Waals surface area (Å²) in [6, 6.07) is 2.51. The SMILES string of the molecule is CCCC(OCC)C(Cc1sccc1Br)NC. The molecule has 0 saturated heterocycles. The van der Waals surface area contributed by atoms with Gasteiger partial charge in [0.2, 0.25) is 0 Å². The molecule has 0 radical (unpaired) electrons. The molecule has 0 spiro atoms. The molecule has 1 N–H and O–H groups in total. The molecular formula is C13H22BrNOS. The van der Waals surface area contributed by atoms with E-state index in [0.29, 0.717) is 12.1 Å². The molecule has 17 heavy (non-hydrogen) atoms. The van der Waals surface area contributed by atoms with E-state index < -0.39 is 0 Å². The highest BCUT2D eigenvalue weighted by Gasteiger charge is 2.21. The lowest BCUT2D eigenvalue weighted by atomic mass is 10.0. The average Bonchev–Trinajstić information content (AvgIpc) is 2.71. The zero-order valence-corrected chi connectivity index (χ0v) is 13.2. The number of ether oxygens (including phenoxy) is 1. The van der Waals surface area contributed by atoms with Crippen LogP contribution in [0.1, 0.15) is 31.6 Å². The fraction of sp³-hybridized carbons (Fsp3) is 0.692. The van der Waals surface area contributed by atoms with Crippen molar-refractivity contribution in [2.45, 2.75) is 45.3 Å². The summed E-state index contributed by atoms with van der Waals surface area (Å²) < 4.78 is 7.07. The van der Waals surface area contributed by atoms with Crippen LogP contribution in [-0.4, -0.2) is 25.8 Å². The third-order valence-electron chi connectivity index (χ3n) is 2.87. The molecule has 4 heteroatoms. The topological polar surface area (TPSA) is 21.3 Å². The van der Waals surface area contributed by atoms with E-state index >= 15 is 0 Å². The predicted octanol–water partition coefficient (Wildman–Crippen LogP) is 3.85. The van der Waals surface area contributed by atoms with Crippen molar-refractivity contribution in [2.24, 2.45) is 0 Å². The van der Waals surface area contributed by atoms with Crippen LogP contribution in [0, 0.1) is 0 Å². The van der Waals surface area contributed by atoms with Crippen molar-refractivity contribution in [1.82, 2.24) is 5.32 Å². The number of hydrogen-bond donors (Lipinski definition) is 1. The van der Waals surface area contributed by atoms with Crippen LogP contribution in [0.2, 0.25) is 0 Å². The molecule has 0 aliphatic rings. The highest BCUT2D eigenvalue weighted by atomic mass is 79.9. The van der Waals surface area contributed by atoms with Crippen LogP contribution in [0.5, 0.6) is 0 Å². The molecule has 0 aromatic carbocycles.